The van der Waals surface area contributed by atoms with Crippen molar-refractivity contribution in [1.82, 2.24) is 4.90 Å². The zero-order valence-corrected chi connectivity index (χ0v) is 16.9. The third-order valence-corrected chi connectivity index (χ3v) is 5.71. The molecular formula is C21H21NO6S. The highest BCUT2D eigenvalue weighted by atomic mass is 32.1. The molecule has 1 unspecified atom stereocenters. The molecule has 1 amide bonds. The number of nitrogens with zero attached hydrogens (tertiary/aromatic N) is 1. The van der Waals surface area contributed by atoms with Gasteiger partial charge in [-0.25, -0.2) is 0 Å². The quantitative estimate of drug-likeness (QED) is 0.443. The van der Waals surface area contributed by atoms with E-state index in [0.29, 0.717) is 23.7 Å². The van der Waals surface area contributed by atoms with Crippen molar-refractivity contribution < 1.29 is 28.9 Å². The van der Waals surface area contributed by atoms with Crippen LogP contribution < -0.4 is 9.47 Å². The van der Waals surface area contributed by atoms with Crippen LogP contribution in [0.4, 0.5) is 0 Å². The Balaban J connectivity index is 1.74. The predicted molar refractivity (Wildman–Crippen MR) is 107 cm³/mol. The number of aliphatic hydroxyl groups is 1. The Morgan fingerprint density at radius 2 is 2.07 bits per heavy atom. The second-order valence-corrected chi connectivity index (χ2v) is 7.97. The van der Waals surface area contributed by atoms with Crippen LogP contribution in [0.15, 0.2) is 41.3 Å². The van der Waals surface area contributed by atoms with Crippen LogP contribution in [-0.4, -0.2) is 47.7 Å². The van der Waals surface area contributed by atoms with Crippen LogP contribution in [0.2, 0.25) is 0 Å². The fourth-order valence-corrected chi connectivity index (χ4v) is 4.28. The Morgan fingerprint density at radius 1 is 1.28 bits per heavy atom. The number of ketones is 1. The number of rotatable bonds is 6. The second kappa shape index (κ2) is 7.88. The number of benzene rings is 1. The van der Waals surface area contributed by atoms with E-state index < -0.39 is 17.7 Å². The van der Waals surface area contributed by atoms with E-state index in [-0.39, 0.29) is 30.8 Å². The molecular weight excluding hydrogens is 394 g/mol. The second-order valence-electron chi connectivity index (χ2n) is 7.00. The van der Waals surface area contributed by atoms with E-state index in [4.69, 9.17) is 14.2 Å². The summed E-state index contributed by atoms with van der Waals surface area (Å²) in [4.78, 5) is 27.9. The van der Waals surface area contributed by atoms with Gasteiger partial charge in [-0.15, -0.1) is 11.3 Å². The fourth-order valence-electron chi connectivity index (χ4n) is 3.44. The number of thiophene rings is 1. The summed E-state index contributed by atoms with van der Waals surface area (Å²) in [6, 6.07) is 7.97. The number of carbonyl (C=O) groups excluding carboxylic acids is 2. The molecule has 1 aromatic carbocycles. The standard InChI is InChI=1S/C21H21NO6S/c1-12(2)26-8-7-22-18(16-4-3-9-29-16)17(20(24)21(22)25)19(23)13-5-6-14-15(10-13)28-11-27-14/h3-6,9-10,12,18,23H,7-8,11H2,1-2H3/b19-17-. The minimum Gasteiger partial charge on any atom is -0.507 e. The van der Waals surface area contributed by atoms with E-state index in [1.54, 1.807) is 18.2 Å². The molecule has 3 heterocycles. The highest BCUT2D eigenvalue weighted by Crippen LogP contribution is 2.42. The molecule has 0 spiro atoms. The summed E-state index contributed by atoms with van der Waals surface area (Å²) in [5.41, 5.74) is 0.466. The van der Waals surface area contributed by atoms with Crippen LogP contribution in [0.3, 0.4) is 0 Å². The first kappa shape index (κ1) is 19.5. The predicted octanol–water partition coefficient (Wildman–Crippen LogP) is 3.32. The molecule has 152 valence electrons. The number of amides is 1. The van der Waals surface area contributed by atoms with Gasteiger partial charge in [0.15, 0.2) is 11.5 Å². The van der Waals surface area contributed by atoms with Crippen molar-refractivity contribution in [2.75, 3.05) is 19.9 Å². The first-order valence-corrected chi connectivity index (χ1v) is 10.2. The maximum atomic E-state index is 12.9. The van der Waals surface area contributed by atoms with Gasteiger partial charge in [-0.1, -0.05) is 6.07 Å². The lowest BCUT2D eigenvalue weighted by Crippen LogP contribution is -2.33. The van der Waals surface area contributed by atoms with Gasteiger partial charge in [-0.05, 0) is 43.5 Å². The van der Waals surface area contributed by atoms with Crippen molar-refractivity contribution >= 4 is 28.8 Å². The third-order valence-electron chi connectivity index (χ3n) is 4.78. The molecule has 1 saturated heterocycles. The highest BCUT2D eigenvalue weighted by molar-refractivity contribution is 7.10. The molecule has 2 aliphatic heterocycles. The van der Waals surface area contributed by atoms with Crippen molar-refractivity contribution in [3.05, 3.63) is 51.7 Å². The van der Waals surface area contributed by atoms with E-state index in [1.165, 1.54) is 16.2 Å². The Kier molecular flexibility index (Phi) is 5.29. The van der Waals surface area contributed by atoms with Gasteiger partial charge >= 0.3 is 0 Å². The number of carbonyl (C=O) groups is 2. The summed E-state index contributed by atoms with van der Waals surface area (Å²) < 4.78 is 16.2. The number of Topliss-reactive ketones (excluding diaryl/α,β-unsaturated/α-hetero) is 1. The Hall–Kier alpha value is -2.84. The number of ether oxygens (including phenoxy) is 3. The van der Waals surface area contributed by atoms with Gasteiger partial charge in [0.2, 0.25) is 6.79 Å². The summed E-state index contributed by atoms with van der Waals surface area (Å²) in [6.45, 7) is 4.48. The fraction of sp³-hybridized carbons (Fsp3) is 0.333. The van der Waals surface area contributed by atoms with E-state index in [0.717, 1.165) is 4.88 Å². The maximum Gasteiger partial charge on any atom is 0.295 e. The molecule has 8 heteroatoms. The van der Waals surface area contributed by atoms with Crippen LogP contribution in [-0.2, 0) is 14.3 Å². The van der Waals surface area contributed by atoms with Crippen LogP contribution in [0.5, 0.6) is 11.5 Å². The van der Waals surface area contributed by atoms with E-state index in [9.17, 15) is 14.7 Å². The Morgan fingerprint density at radius 3 is 2.79 bits per heavy atom. The van der Waals surface area contributed by atoms with Gasteiger partial charge in [0.1, 0.15) is 5.76 Å². The molecule has 1 N–H and O–H groups in total. The molecule has 29 heavy (non-hydrogen) atoms. The van der Waals surface area contributed by atoms with E-state index >= 15 is 0 Å². The van der Waals surface area contributed by atoms with Crippen molar-refractivity contribution in [1.29, 1.82) is 0 Å². The molecule has 1 fully saturated rings. The number of hydrogen-bond donors (Lipinski definition) is 1. The third kappa shape index (κ3) is 3.61. The van der Waals surface area contributed by atoms with Crippen molar-refractivity contribution in [2.24, 2.45) is 0 Å². The summed E-state index contributed by atoms with van der Waals surface area (Å²) in [5, 5.41) is 12.9. The summed E-state index contributed by atoms with van der Waals surface area (Å²) in [7, 11) is 0. The van der Waals surface area contributed by atoms with Gasteiger partial charge in [0.25, 0.3) is 11.7 Å². The average molecular weight is 415 g/mol. The largest absolute Gasteiger partial charge is 0.507 e. The van der Waals surface area contributed by atoms with Gasteiger partial charge in [0.05, 0.1) is 24.3 Å². The van der Waals surface area contributed by atoms with Crippen LogP contribution in [0.25, 0.3) is 5.76 Å². The summed E-state index contributed by atoms with van der Waals surface area (Å²) in [5.74, 6) is -0.516. The number of hydrogen-bond acceptors (Lipinski definition) is 7. The average Bonchev–Trinajstić information content (AvgIpc) is 3.43. The molecule has 0 radical (unpaired) electrons. The van der Waals surface area contributed by atoms with E-state index in [1.807, 2.05) is 31.4 Å². The summed E-state index contributed by atoms with van der Waals surface area (Å²) >= 11 is 1.43. The lowest BCUT2D eigenvalue weighted by Gasteiger charge is -2.24. The van der Waals surface area contributed by atoms with Crippen molar-refractivity contribution in [2.45, 2.75) is 26.0 Å². The van der Waals surface area contributed by atoms with Crippen LogP contribution in [0, 0.1) is 0 Å². The van der Waals surface area contributed by atoms with Crippen molar-refractivity contribution in [3.8, 4) is 11.5 Å². The molecule has 4 rings (SSSR count). The molecule has 1 atom stereocenters. The van der Waals surface area contributed by atoms with Crippen LogP contribution >= 0.6 is 11.3 Å². The number of likely N-dealkylation sites (tertiary alicyclic amines) is 1. The van der Waals surface area contributed by atoms with Gasteiger partial charge < -0.3 is 24.2 Å². The van der Waals surface area contributed by atoms with Gasteiger partial charge in [-0.3, -0.25) is 9.59 Å². The Labute approximate surface area is 172 Å². The molecule has 2 aromatic rings. The maximum absolute atomic E-state index is 12.9. The zero-order chi connectivity index (χ0) is 20.5. The smallest absolute Gasteiger partial charge is 0.295 e. The van der Waals surface area contributed by atoms with Crippen molar-refractivity contribution in [3.63, 3.8) is 0 Å². The molecule has 0 saturated carbocycles. The first-order valence-electron chi connectivity index (χ1n) is 9.31. The van der Waals surface area contributed by atoms with Crippen LogP contribution in [0.1, 0.15) is 30.3 Å². The normalized spacial score (nSPS) is 20.1. The topological polar surface area (TPSA) is 85.3 Å². The minimum atomic E-state index is -0.705. The minimum absolute atomic E-state index is 0.0145. The Bertz CT molecular complexity index is 966. The van der Waals surface area contributed by atoms with Gasteiger partial charge in [0, 0.05) is 17.0 Å². The lowest BCUT2D eigenvalue weighted by atomic mass is 9.99. The number of aliphatic hydroxyl groups excluding tert-OH is 1. The highest BCUT2D eigenvalue weighted by Gasteiger charge is 2.46. The molecule has 0 bridgehead atoms. The number of fused-ring (bicyclic) bond motifs is 1. The zero-order valence-electron chi connectivity index (χ0n) is 16.1. The SMILES string of the molecule is CC(C)OCCN1C(=O)C(=O)/C(=C(\O)c2ccc3c(c2)OCO3)C1c1cccs1. The molecule has 0 aliphatic carbocycles. The molecule has 7 nitrogen and oxygen atoms in total. The molecule has 2 aliphatic rings. The molecule has 1 aromatic heterocycles. The van der Waals surface area contributed by atoms with E-state index in [2.05, 4.69) is 0 Å². The van der Waals surface area contributed by atoms with Gasteiger partial charge in [-0.2, -0.15) is 0 Å². The summed E-state index contributed by atoms with van der Waals surface area (Å²) in [6.07, 6.45) is 0.0145. The lowest BCUT2D eigenvalue weighted by molar-refractivity contribution is -0.140. The first-order chi connectivity index (χ1) is 14.0. The monoisotopic (exact) mass is 415 g/mol.